The quantitative estimate of drug-likeness (QED) is 0.735. The van der Waals surface area contributed by atoms with Crippen LogP contribution in [0.1, 0.15) is 27.7 Å². The number of carbonyl (C=O) groups excluding carboxylic acids is 1. The fourth-order valence-corrected chi connectivity index (χ4v) is 1.82. The standard InChI is InChI=1S/C12H23N3O/c1-8(2)10(11(16)9(3)4)7-15-12-13-5-6-14-12/h8-10H,5-7H2,1-4H3,(H2,13,14,15)/t10-/m1/s1. The molecule has 0 spiro atoms. The summed E-state index contributed by atoms with van der Waals surface area (Å²) in [5.74, 6) is 1.71. The molecule has 1 heterocycles. The van der Waals surface area contributed by atoms with Crippen molar-refractivity contribution in [3.63, 3.8) is 0 Å². The van der Waals surface area contributed by atoms with Crippen molar-refractivity contribution < 1.29 is 4.79 Å². The largest absolute Gasteiger partial charge is 0.356 e. The average Bonchev–Trinajstić information content (AvgIpc) is 2.69. The van der Waals surface area contributed by atoms with Gasteiger partial charge in [0.2, 0.25) is 0 Å². The van der Waals surface area contributed by atoms with Crippen LogP contribution >= 0.6 is 0 Å². The molecule has 0 radical (unpaired) electrons. The van der Waals surface area contributed by atoms with E-state index in [4.69, 9.17) is 0 Å². The van der Waals surface area contributed by atoms with Gasteiger partial charge >= 0.3 is 0 Å². The second-order valence-corrected chi connectivity index (χ2v) is 4.95. The van der Waals surface area contributed by atoms with Crippen LogP contribution in [0.4, 0.5) is 0 Å². The van der Waals surface area contributed by atoms with Gasteiger partial charge in [-0.3, -0.25) is 9.79 Å². The van der Waals surface area contributed by atoms with Gasteiger partial charge in [-0.2, -0.15) is 0 Å². The Balaban J connectivity index is 2.48. The van der Waals surface area contributed by atoms with E-state index in [1.54, 1.807) is 0 Å². The molecule has 0 aromatic rings. The molecule has 0 unspecified atom stereocenters. The normalized spacial score (nSPS) is 17.2. The fraction of sp³-hybridized carbons (Fsp3) is 0.833. The maximum absolute atomic E-state index is 12.0. The van der Waals surface area contributed by atoms with E-state index >= 15 is 0 Å². The summed E-state index contributed by atoms with van der Waals surface area (Å²) < 4.78 is 0. The van der Waals surface area contributed by atoms with Crippen LogP contribution in [0.25, 0.3) is 0 Å². The lowest BCUT2D eigenvalue weighted by molar-refractivity contribution is -0.126. The zero-order valence-electron chi connectivity index (χ0n) is 10.7. The Morgan fingerprint density at radius 2 is 2.12 bits per heavy atom. The van der Waals surface area contributed by atoms with E-state index < -0.39 is 0 Å². The summed E-state index contributed by atoms with van der Waals surface area (Å²) in [6, 6.07) is 0. The molecule has 0 bridgehead atoms. The molecular formula is C12H23N3O. The van der Waals surface area contributed by atoms with Crippen LogP contribution in [0.2, 0.25) is 0 Å². The van der Waals surface area contributed by atoms with Crippen LogP contribution in [-0.4, -0.2) is 31.4 Å². The molecule has 0 aliphatic carbocycles. The third-order valence-corrected chi connectivity index (χ3v) is 2.90. The van der Waals surface area contributed by atoms with Crippen LogP contribution in [0.3, 0.4) is 0 Å². The Bertz CT molecular complexity index is 271. The lowest BCUT2D eigenvalue weighted by Crippen LogP contribution is -2.41. The van der Waals surface area contributed by atoms with Gasteiger partial charge in [-0.25, -0.2) is 0 Å². The number of rotatable bonds is 5. The molecule has 2 N–H and O–H groups in total. The topological polar surface area (TPSA) is 53.5 Å². The molecule has 16 heavy (non-hydrogen) atoms. The Labute approximate surface area is 97.9 Å². The molecule has 92 valence electrons. The van der Waals surface area contributed by atoms with E-state index in [0.717, 1.165) is 19.0 Å². The number of nitrogens with zero attached hydrogens (tertiary/aromatic N) is 1. The van der Waals surface area contributed by atoms with Crippen LogP contribution < -0.4 is 10.6 Å². The molecule has 0 saturated carbocycles. The fourth-order valence-electron chi connectivity index (χ4n) is 1.82. The van der Waals surface area contributed by atoms with Gasteiger partial charge in [-0.1, -0.05) is 27.7 Å². The highest BCUT2D eigenvalue weighted by Crippen LogP contribution is 2.15. The van der Waals surface area contributed by atoms with E-state index in [-0.39, 0.29) is 11.8 Å². The Hall–Kier alpha value is -1.06. The third kappa shape index (κ3) is 3.51. The van der Waals surface area contributed by atoms with Gasteiger partial charge in [0.1, 0.15) is 5.78 Å². The molecule has 1 aliphatic heterocycles. The molecule has 0 amide bonds. The summed E-state index contributed by atoms with van der Waals surface area (Å²) in [5, 5.41) is 6.36. The zero-order chi connectivity index (χ0) is 12.1. The van der Waals surface area contributed by atoms with Crippen LogP contribution in [-0.2, 0) is 4.79 Å². The average molecular weight is 225 g/mol. The van der Waals surface area contributed by atoms with E-state index in [1.807, 2.05) is 13.8 Å². The summed E-state index contributed by atoms with van der Waals surface area (Å²) in [6.07, 6.45) is 0. The highest BCUT2D eigenvalue weighted by Gasteiger charge is 2.24. The van der Waals surface area contributed by atoms with Gasteiger partial charge in [0.25, 0.3) is 0 Å². The second-order valence-electron chi connectivity index (χ2n) is 4.95. The van der Waals surface area contributed by atoms with Crippen molar-refractivity contribution in [3.05, 3.63) is 0 Å². The van der Waals surface area contributed by atoms with Crippen LogP contribution in [0.5, 0.6) is 0 Å². The second kappa shape index (κ2) is 5.87. The number of hydrogen-bond acceptors (Lipinski definition) is 4. The lowest BCUT2D eigenvalue weighted by Gasteiger charge is -2.22. The minimum Gasteiger partial charge on any atom is -0.356 e. The van der Waals surface area contributed by atoms with Crippen LogP contribution in [0, 0.1) is 17.8 Å². The molecule has 0 saturated heterocycles. The molecular weight excluding hydrogens is 202 g/mol. The van der Waals surface area contributed by atoms with Gasteiger partial charge in [-0.05, 0) is 5.92 Å². The Morgan fingerprint density at radius 1 is 1.44 bits per heavy atom. The summed E-state index contributed by atoms with van der Waals surface area (Å²) >= 11 is 0. The monoisotopic (exact) mass is 225 g/mol. The number of hydrogen-bond donors (Lipinski definition) is 2. The van der Waals surface area contributed by atoms with E-state index in [2.05, 4.69) is 29.5 Å². The minimum absolute atomic E-state index is 0.0742. The minimum atomic E-state index is 0.0742. The molecule has 0 aromatic heterocycles. The van der Waals surface area contributed by atoms with E-state index in [1.165, 1.54) is 0 Å². The third-order valence-electron chi connectivity index (χ3n) is 2.90. The number of carbonyl (C=O) groups is 1. The Morgan fingerprint density at radius 3 is 2.56 bits per heavy atom. The lowest BCUT2D eigenvalue weighted by atomic mass is 9.86. The smallest absolute Gasteiger partial charge is 0.191 e. The van der Waals surface area contributed by atoms with Crippen molar-refractivity contribution in [3.8, 4) is 0 Å². The van der Waals surface area contributed by atoms with E-state index in [0.29, 0.717) is 18.2 Å². The number of guanidine groups is 1. The molecule has 1 atom stereocenters. The van der Waals surface area contributed by atoms with Gasteiger partial charge in [0, 0.05) is 24.9 Å². The number of aliphatic imine (C=N–C) groups is 1. The predicted molar refractivity (Wildman–Crippen MR) is 66.5 cm³/mol. The summed E-state index contributed by atoms with van der Waals surface area (Å²) in [6.45, 7) is 10.5. The van der Waals surface area contributed by atoms with Gasteiger partial charge in [-0.15, -0.1) is 0 Å². The molecule has 0 fully saturated rings. The number of ketones is 1. The molecule has 4 heteroatoms. The van der Waals surface area contributed by atoms with Gasteiger partial charge in [0.05, 0.1) is 6.54 Å². The highest BCUT2D eigenvalue weighted by molar-refractivity contribution is 5.85. The summed E-state index contributed by atoms with van der Waals surface area (Å²) in [5.41, 5.74) is 0. The highest BCUT2D eigenvalue weighted by atomic mass is 16.1. The van der Waals surface area contributed by atoms with Crippen molar-refractivity contribution >= 4 is 11.7 Å². The predicted octanol–water partition coefficient (Wildman–Crippen LogP) is 1.03. The Kier molecular flexibility index (Phi) is 4.77. The van der Waals surface area contributed by atoms with Crippen molar-refractivity contribution in [2.75, 3.05) is 19.6 Å². The number of nitrogens with one attached hydrogen (secondary N) is 2. The maximum Gasteiger partial charge on any atom is 0.191 e. The van der Waals surface area contributed by atoms with Crippen LogP contribution in [0.15, 0.2) is 4.99 Å². The molecule has 0 aromatic carbocycles. The SMILES string of the molecule is CC(C)C(=O)[C@H](CNC1=NCCN1)C(C)C. The first-order chi connectivity index (χ1) is 7.52. The van der Waals surface area contributed by atoms with Crippen molar-refractivity contribution in [2.24, 2.45) is 22.7 Å². The first kappa shape index (κ1) is 13.0. The van der Waals surface area contributed by atoms with Gasteiger partial charge < -0.3 is 10.6 Å². The first-order valence-electron chi connectivity index (χ1n) is 6.08. The van der Waals surface area contributed by atoms with Crippen molar-refractivity contribution in [2.45, 2.75) is 27.7 Å². The zero-order valence-corrected chi connectivity index (χ0v) is 10.7. The van der Waals surface area contributed by atoms with Crippen molar-refractivity contribution in [1.82, 2.24) is 10.6 Å². The summed E-state index contributed by atoms with van der Waals surface area (Å²) in [4.78, 5) is 16.2. The maximum atomic E-state index is 12.0. The number of Topliss-reactive ketones (excluding diaryl/α,β-unsaturated/α-hetero) is 1. The molecule has 1 aliphatic rings. The van der Waals surface area contributed by atoms with E-state index in [9.17, 15) is 4.79 Å². The molecule has 4 nitrogen and oxygen atoms in total. The first-order valence-corrected chi connectivity index (χ1v) is 6.08. The summed E-state index contributed by atoms with van der Waals surface area (Å²) in [7, 11) is 0. The molecule has 1 rings (SSSR count). The van der Waals surface area contributed by atoms with Gasteiger partial charge in [0.15, 0.2) is 5.96 Å². The van der Waals surface area contributed by atoms with Crippen molar-refractivity contribution in [1.29, 1.82) is 0 Å².